The summed E-state index contributed by atoms with van der Waals surface area (Å²) in [5.74, 6) is 1.45. The molecule has 1 saturated carbocycles. The third-order valence-corrected chi connectivity index (χ3v) is 3.58. The van der Waals surface area contributed by atoms with Gasteiger partial charge in [-0.3, -0.25) is 0 Å². The first-order valence-electron chi connectivity index (χ1n) is 5.32. The lowest BCUT2D eigenvalue weighted by Crippen LogP contribution is -2.22. The number of rotatable bonds is 2. The predicted molar refractivity (Wildman–Crippen MR) is 60.0 cm³/mol. The first-order chi connectivity index (χ1) is 7.84. The van der Waals surface area contributed by atoms with E-state index < -0.39 is 0 Å². The molecule has 1 aliphatic carbocycles. The van der Waals surface area contributed by atoms with E-state index in [-0.39, 0.29) is 12.0 Å². The Labute approximate surface area is 96.7 Å². The minimum atomic E-state index is 0.156. The highest BCUT2D eigenvalue weighted by Crippen LogP contribution is 2.33. The molecular formula is C10H12N4OS. The van der Waals surface area contributed by atoms with Crippen LogP contribution in [-0.2, 0) is 0 Å². The molecule has 1 aliphatic rings. The van der Waals surface area contributed by atoms with Crippen LogP contribution < -0.4 is 5.73 Å². The molecule has 2 aromatic heterocycles. The molecule has 0 saturated heterocycles. The maximum atomic E-state index is 6.00. The Morgan fingerprint density at radius 3 is 3.06 bits per heavy atom. The molecule has 3 rings (SSSR count). The summed E-state index contributed by atoms with van der Waals surface area (Å²) in [5, 5.41) is 5.85. The van der Waals surface area contributed by atoms with Gasteiger partial charge in [0.15, 0.2) is 0 Å². The van der Waals surface area contributed by atoms with Gasteiger partial charge in [0, 0.05) is 11.4 Å². The molecule has 6 heteroatoms. The number of aromatic nitrogens is 3. The van der Waals surface area contributed by atoms with Gasteiger partial charge in [-0.1, -0.05) is 11.6 Å². The fourth-order valence-electron chi connectivity index (χ4n) is 2.11. The van der Waals surface area contributed by atoms with Crippen molar-refractivity contribution in [2.45, 2.75) is 31.2 Å². The highest BCUT2D eigenvalue weighted by atomic mass is 32.1. The van der Waals surface area contributed by atoms with E-state index in [9.17, 15) is 0 Å². The van der Waals surface area contributed by atoms with E-state index in [0.29, 0.717) is 11.7 Å². The molecule has 2 atom stereocenters. The summed E-state index contributed by atoms with van der Waals surface area (Å²) in [4.78, 5) is 8.52. The Bertz CT molecular complexity index is 467. The second kappa shape index (κ2) is 3.95. The Hall–Kier alpha value is -1.27. The standard InChI is InChI=1S/C10H12N4OS/c11-7-3-1-2-6(7)10-13-9(14-15-10)8-4-16-5-12-8/h4-7H,1-3,11H2. The molecule has 2 heterocycles. The summed E-state index contributed by atoms with van der Waals surface area (Å²) < 4.78 is 5.27. The highest BCUT2D eigenvalue weighted by molar-refractivity contribution is 7.07. The average molecular weight is 236 g/mol. The smallest absolute Gasteiger partial charge is 0.231 e. The summed E-state index contributed by atoms with van der Waals surface area (Å²) in [6.07, 6.45) is 3.22. The second-order valence-corrected chi connectivity index (χ2v) is 4.75. The van der Waals surface area contributed by atoms with Crippen LogP contribution in [0.15, 0.2) is 15.4 Å². The van der Waals surface area contributed by atoms with Crippen LogP contribution >= 0.6 is 11.3 Å². The molecule has 0 radical (unpaired) electrons. The molecule has 5 nitrogen and oxygen atoms in total. The Morgan fingerprint density at radius 2 is 2.38 bits per heavy atom. The summed E-state index contributed by atoms with van der Waals surface area (Å²) in [6.45, 7) is 0. The van der Waals surface area contributed by atoms with Gasteiger partial charge in [0.25, 0.3) is 0 Å². The molecule has 2 N–H and O–H groups in total. The normalized spacial score (nSPS) is 25.1. The minimum absolute atomic E-state index is 0.156. The molecule has 2 aromatic rings. The van der Waals surface area contributed by atoms with Gasteiger partial charge in [0.2, 0.25) is 11.7 Å². The summed E-state index contributed by atoms with van der Waals surface area (Å²) in [7, 11) is 0. The fourth-order valence-corrected chi connectivity index (χ4v) is 2.64. The summed E-state index contributed by atoms with van der Waals surface area (Å²) in [5.41, 5.74) is 8.52. The van der Waals surface area contributed by atoms with Crippen molar-refractivity contribution < 1.29 is 4.52 Å². The Morgan fingerprint density at radius 1 is 1.44 bits per heavy atom. The molecule has 0 amide bonds. The van der Waals surface area contributed by atoms with Gasteiger partial charge in [-0.2, -0.15) is 4.98 Å². The molecule has 1 fully saturated rings. The maximum absolute atomic E-state index is 6.00. The van der Waals surface area contributed by atoms with Crippen LogP contribution in [0.5, 0.6) is 0 Å². The van der Waals surface area contributed by atoms with Gasteiger partial charge in [0.1, 0.15) is 5.69 Å². The topological polar surface area (TPSA) is 77.8 Å². The van der Waals surface area contributed by atoms with Gasteiger partial charge in [-0.25, -0.2) is 4.98 Å². The third-order valence-electron chi connectivity index (χ3n) is 2.99. The van der Waals surface area contributed by atoms with E-state index in [2.05, 4.69) is 15.1 Å². The lowest BCUT2D eigenvalue weighted by atomic mass is 10.1. The van der Waals surface area contributed by atoms with Crippen molar-refractivity contribution in [3.05, 3.63) is 16.8 Å². The van der Waals surface area contributed by atoms with E-state index in [0.717, 1.165) is 25.0 Å². The van der Waals surface area contributed by atoms with Crippen LogP contribution in [0.3, 0.4) is 0 Å². The average Bonchev–Trinajstić information content (AvgIpc) is 2.96. The number of hydrogen-bond donors (Lipinski definition) is 1. The monoisotopic (exact) mass is 236 g/mol. The zero-order chi connectivity index (χ0) is 11.0. The summed E-state index contributed by atoms with van der Waals surface area (Å²) >= 11 is 1.52. The maximum Gasteiger partial charge on any atom is 0.231 e. The second-order valence-electron chi connectivity index (χ2n) is 4.03. The molecule has 16 heavy (non-hydrogen) atoms. The van der Waals surface area contributed by atoms with Crippen molar-refractivity contribution in [3.8, 4) is 11.5 Å². The zero-order valence-corrected chi connectivity index (χ0v) is 9.48. The van der Waals surface area contributed by atoms with Crippen LogP contribution in [0.2, 0.25) is 0 Å². The number of nitrogens with zero attached hydrogens (tertiary/aromatic N) is 3. The summed E-state index contributed by atoms with van der Waals surface area (Å²) in [6, 6.07) is 0.156. The Kier molecular flexibility index (Phi) is 2.45. The predicted octanol–water partition coefficient (Wildman–Crippen LogP) is 1.79. The van der Waals surface area contributed by atoms with E-state index in [1.807, 2.05) is 5.38 Å². The highest BCUT2D eigenvalue weighted by Gasteiger charge is 2.30. The van der Waals surface area contributed by atoms with E-state index >= 15 is 0 Å². The van der Waals surface area contributed by atoms with Crippen molar-refractivity contribution in [1.29, 1.82) is 0 Å². The lowest BCUT2D eigenvalue weighted by molar-refractivity contribution is 0.345. The number of nitrogens with two attached hydrogens (primary N) is 1. The van der Waals surface area contributed by atoms with Crippen molar-refractivity contribution >= 4 is 11.3 Å². The molecule has 84 valence electrons. The van der Waals surface area contributed by atoms with Crippen molar-refractivity contribution in [1.82, 2.24) is 15.1 Å². The van der Waals surface area contributed by atoms with Crippen LogP contribution in [0.1, 0.15) is 31.1 Å². The Balaban J connectivity index is 1.88. The minimum Gasteiger partial charge on any atom is -0.339 e. The molecule has 0 bridgehead atoms. The van der Waals surface area contributed by atoms with Gasteiger partial charge >= 0.3 is 0 Å². The van der Waals surface area contributed by atoms with Crippen molar-refractivity contribution in [3.63, 3.8) is 0 Å². The van der Waals surface area contributed by atoms with Gasteiger partial charge < -0.3 is 10.3 Å². The SMILES string of the molecule is NC1CCCC1c1nc(-c2cscn2)no1. The van der Waals surface area contributed by atoms with E-state index in [4.69, 9.17) is 10.3 Å². The van der Waals surface area contributed by atoms with Crippen LogP contribution in [0.25, 0.3) is 11.5 Å². The molecule has 2 unspecified atom stereocenters. The fraction of sp³-hybridized carbons (Fsp3) is 0.500. The molecule has 0 spiro atoms. The lowest BCUT2D eigenvalue weighted by Gasteiger charge is -2.08. The van der Waals surface area contributed by atoms with Crippen molar-refractivity contribution in [2.75, 3.05) is 0 Å². The van der Waals surface area contributed by atoms with E-state index in [1.165, 1.54) is 11.3 Å². The van der Waals surface area contributed by atoms with Crippen LogP contribution in [0, 0.1) is 0 Å². The molecular weight excluding hydrogens is 224 g/mol. The number of thiazole rings is 1. The quantitative estimate of drug-likeness (QED) is 0.860. The van der Waals surface area contributed by atoms with Gasteiger partial charge in [-0.15, -0.1) is 11.3 Å². The largest absolute Gasteiger partial charge is 0.339 e. The number of hydrogen-bond acceptors (Lipinski definition) is 6. The van der Waals surface area contributed by atoms with Crippen LogP contribution in [-0.4, -0.2) is 21.2 Å². The first-order valence-corrected chi connectivity index (χ1v) is 6.26. The molecule has 0 aliphatic heterocycles. The zero-order valence-electron chi connectivity index (χ0n) is 8.67. The third kappa shape index (κ3) is 1.64. The van der Waals surface area contributed by atoms with Crippen molar-refractivity contribution in [2.24, 2.45) is 5.73 Å². The molecule has 0 aromatic carbocycles. The first kappa shape index (κ1) is 9.92. The van der Waals surface area contributed by atoms with Gasteiger partial charge in [0.05, 0.1) is 11.4 Å². The van der Waals surface area contributed by atoms with Gasteiger partial charge in [-0.05, 0) is 12.8 Å². The van der Waals surface area contributed by atoms with Crippen LogP contribution in [0.4, 0.5) is 0 Å². The van der Waals surface area contributed by atoms with E-state index in [1.54, 1.807) is 5.51 Å².